The normalized spacial score (nSPS) is 13.8. The van der Waals surface area contributed by atoms with Gasteiger partial charge in [-0.3, -0.25) is 9.10 Å². The summed E-state index contributed by atoms with van der Waals surface area (Å²) in [7, 11) is -2.11. The highest BCUT2D eigenvalue weighted by Crippen LogP contribution is 2.32. The molecular weight excluding hydrogens is 464 g/mol. The van der Waals surface area contributed by atoms with Gasteiger partial charge in [-0.25, -0.2) is 8.42 Å². The Morgan fingerprint density at radius 1 is 1.12 bits per heavy atom. The van der Waals surface area contributed by atoms with Gasteiger partial charge >= 0.3 is 0 Å². The van der Waals surface area contributed by atoms with Crippen LogP contribution in [0.4, 0.5) is 5.69 Å². The number of amides is 1. The number of nitrogens with one attached hydrogen (secondary N) is 1. The third-order valence-electron chi connectivity index (χ3n) is 5.12. The molecule has 1 aliphatic rings. The number of anilines is 1. The quantitative estimate of drug-likeness (QED) is 0.521. The summed E-state index contributed by atoms with van der Waals surface area (Å²) >= 11 is 1.17. The zero-order chi connectivity index (χ0) is 23.4. The second-order valence-electron chi connectivity index (χ2n) is 7.38. The monoisotopic (exact) mass is 488 g/mol. The minimum Gasteiger partial charge on any atom is -0.486 e. The lowest BCUT2D eigenvalue weighted by molar-refractivity contribution is -0.123. The molecule has 0 aliphatic carbocycles. The van der Waals surface area contributed by atoms with Gasteiger partial charge in [-0.05, 0) is 60.3 Å². The average molecular weight is 489 g/mol. The molecule has 0 saturated carbocycles. The Labute approximate surface area is 196 Å². The van der Waals surface area contributed by atoms with E-state index in [1.807, 2.05) is 25.1 Å². The second-order valence-corrected chi connectivity index (χ2v) is 10.5. The van der Waals surface area contributed by atoms with Crippen LogP contribution < -0.4 is 23.8 Å². The number of ether oxygens (including phenoxy) is 3. The van der Waals surface area contributed by atoms with Gasteiger partial charge < -0.3 is 19.5 Å². The van der Waals surface area contributed by atoms with Crippen molar-refractivity contribution >= 4 is 33.0 Å². The van der Waals surface area contributed by atoms with Crippen molar-refractivity contribution in [3.8, 4) is 17.2 Å². The summed E-state index contributed by atoms with van der Waals surface area (Å²) < 4.78 is 43.4. The van der Waals surface area contributed by atoms with Crippen LogP contribution >= 0.6 is 11.3 Å². The van der Waals surface area contributed by atoms with Crippen molar-refractivity contribution in [1.29, 1.82) is 0 Å². The Hall–Kier alpha value is -3.24. The molecule has 10 heteroatoms. The summed E-state index contributed by atoms with van der Waals surface area (Å²) in [6.45, 7) is 2.73. The van der Waals surface area contributed by atoms with E-state index in [4.69, 9.17) is 14.2 Å². The van der Waals surface area contributed by atoms with Gasteiger partial charge in [0, 0.05) is 7.05 Å². The van der Waals surface area contributed by atoms with Gasteiger partial charge in [0.25, 0.3) is 15.9 Å². The topological polar surface area (TPSA) is 94.2 Å². The van der Waals surface area contributed by atoms with Crippen LogP contribution in [0.3, 0.4) is 0 Å². The third-order valence-corrected chi connectivity index (χ3v) is 8.28. The molecule has 1 aliphatic heterocycles. The largest absolute Gasteiger partial charge is 0.486 e. The minimum absolute atomic E-state index is 0.169. The van der Waals surface area contributed by atoms with Gasteiger partial charge in [0.15, 0.2) is 18.1 Å². The molecule has 174 valence electrons. The fourth-order valence-electron chi connectivity index (χ4n) is 3.28. The molecule has 1 aromatic heterocycles. The maximum atomic E-state index is 12.6. The van der Waals surface area contributed by atoms with E-state index >= 15 is 0 Å². The Morgan fingerprint density at radius 2 is 1.85 bits per heavy atom. The molecule has 33 heavy (non-hydrogen) atoms. The van der Waals surface area contributed by atoms with Crippen molar-refractivity contribution in [3.63, 3.8) is 0 Å². The number of sulfonamides is 1. The first-order valence-corrected chi connectivity index (χ1v) is 12.6. The van der Waals surface area contributed by atoms with E-state index in [1.54, 1.807) is 41.8 Å². The molecule has 0 radical (unpaired) electrons. The Bertz CT molecular complexity index is 1210. The van der Waals surface area contributed by atoms with Crippen LogP contribution in [0.5, 0.6) is 17.2 Å². The van der Waals surface area contributed by atoms with Crippen molar-refractivity contribution in [2.75, 3.05) is 31.2 Å². The summed E-state index contributed by atoms with van der Waals surface area (Å²) in [5, 5.41) is 4.61. The summed E-state index contributed by atoms with van der Waals surface area (Å²) in [4.78, 5) is 12.3. The minimum atomic E-state index is -3.60. The first-order chi connectivity index (χ1) is 15.8. The first-order valence-electron chi connectivity index (χ1n) is 10.3. The number of thiophene rings is 1. The highest BCUT2D eigenvalue weighted by molar-refractivity contribution is 7.94. The standard InChI is InChI=1S/C23H24N2O6S2/c1-16(17-5-10-20-21(14-17)30-12-11-29-20)24-22(26)15-31-19-8-6-18(7-9-19)25(2)33(27,28)23-4-3-13-32-23/h3-10,13-14,16H,11-12,15H2,1-2H3,(H,24,26). The Morgan fingerprint density at radius 3 is 2.55 bits per heavy atom. The molecule has 0 fully saturated rings. The first kappa shape index (κ1) is 22.9. The van der Waals surface area contributed by atoms with Crippen molar-refractivity contribution in [1.82, 2.24) is 5.32 Å². The molecule has 0 spiro atoms. The lowest BCUT2D eigenvalue weighted by atomic mass is 10.1. The van der Waals surface area contributed by atoms with Crippen LogP contribution in [0, 0.1) is 0 Å². The number of benzene rings is 2. The highest BCUT2D eigenvalue weighted by Gasteiger charge is 2.22. The SMILES string of the molecule is CC(NC(=O)COc1ccc(N(C)S(=O)(=O)c2cccs2)cc1)c1ccc2c(c1)OCCO2. The Kier molecular flexibility index (Phi) is 6.75. The summed E-state index contributed by atoms with van der Waals surface area (Å²) in [5.41, 5.74) is 1.39. The van der Waals surface area contributed by atoms with Gasteiger partial charge in [-0.15, -0.1) is 11.3 Å². The summed E-state index contributed by atoms with van der Waals surface area (Å²) in [5.74, 6) is 1.55. The van der Waals surface area contributed by atoms with Crippen molar-refractivity contribution < 1.29 is 27.4 Å². The van der Waals surface area contributed by atoms with Gasteiger partial charge in [-0.1, -0.05) is 12.1 Å². The fourth-order valence-corrected chi connectivity index (χ4v) is 5.64. The molecule has 2 heterocycles. The lowest BCUT2D eigenvalue weighted by Gasteiger charge is -2.21. The van der Waals surface area contributed by atoms with E-state index in [0.717, 1.165) is 5.56 Å². The predicted molar refractivity (Wildman–Crippen MR) is 126 cm³/mol. The Balaban J connectivity index is 1.31. The van der Waals surface area contributed by atoms with Crippen LogP contribution in [0.2, 0.25) is 0 Å². The van der Waals surface area contributed by atoms with E-state index in [-0.39, 0.29) is 22.8 Å². The number of hydrogen-bond donors (Lipinski definition) is 1. The molecule has 2 aromatic carbocycles. The molecule has 1 atom stereocenters. The fraction of sp³-hybridized carbons (Fsp3) is 0.261. The van der Waals surface area contributed by atoms with Crippen LogP contribution in [-0.4, -0.2) is 41.2 Å². The number of nitrogens with zero attached hydrogens (tertiary/aromatic N) is 1. The molecule has 0 saturated heterocycles. The zero-order valence-electron chi connectivity index (χ0n) is 18.2. The maximum absolute atomic E-state index is 12.6. The van der Waals surface area contributed by atoms with Crippen LogP contribution in [0.1, 0.15) is 18.5 Å². The zero-order valence-corrected chi connectivity index (χ0v) is 19.8. The molecule has 1 unspecified atom stereocenters. The summed E-state index contributed by atoms with van der Waals surface area (Å²) in [6.07, 6.45) is 0. The second kappa shape index (κ2) is 9.72. The van der Waals surface area contributed by atoms with E-state index in [1.165, 1.54) is 22.7 Å². The average Bonchev–Trinajstić information content (AvgIpc) is 3.38. The molecule has 1 N–H and O–H groups in total. The summed E-state index contributed by atoms with van der Waals surface area (Å²) in [6, 6.07) is 15.1. The lowest BCUT2D eigenvalue weighted by Crippen LogP contribution is -2.31. The third kappa shape index (κ3) is 5.23. The van der Waals surface area contributed by atoms with Crippen molar-refractivity contribution in [2.45, 2.75) is 17.2 Å². The number of carbonyl (C=O) groups excluding carboxylic acids is 1. The highest BCUT2D eigenvalue weighted by atomic mass is 32.2. The molecule has 4 rings (SSSR count). The molecular formula is C23H24N2O6S2. The predicted octanol–water partition coefficient (Wildman–Crippen LogP) is 3.60. The number of rotatable bonds is 8. The smallest absolute Gasteiger partial charge is 0.273 e. The van der Waals surface area contributed by atoms with Gasteiger partial charge in [0.2, 0.25) is 0 Å². The van der Waals surface area contributed by atoms with Crippen molar-refractivity contribution in [2.24, 2.45) is 0 Å². The van der Waals surface area contributed by atoms with E-state index < -0.39 is 10.0 Å². The van der Waals surface area contributed by atoms with Crippen LogP contribution in [0.15, 0.2) is 64.2 Å². The van der Waals surface area contributed by atoms with E-state index in [2.05, 4.69) is 5.32 Å². The molecule has 1 amide bonds. The van der Waals surface area contributed by atoms with E-state index in [9.17, 15) is 13.2 Å². The van der Waals surface area contributed by atoms with Gasteiger partial charge in [-0.2, -0.15) is 0 Å². The molecule has 3 aromatic rings. The number of carbonyl (C=O) groups is 1. The van der Waals surface area contributed by atoms with Gasteiger partial charge in [0.05, 0.1) is 11.7 Å². The van der Waals surface area contributed by atoms with E-state index in [0.29, 0.717) is 36.1 Å². The maximum Gasteiger partial charge on any atom is 0.273 e. The number of hydrogen-bond acceptors (Lipinski definition) is 7. The van der Waals surface area contributed by atoms with Crippen LogP contribution in [-0.2, 0) is 14.8 Å². The van der Waals surface area contributed by atoms with Gasteiger partial charge in [0.1, 0.15) is 23.2 Å². The molecule has 8 nitrogen and oxygen atoms in total. The molecule has 0 bridgehead atoms. The van der Waals surface area contributed by atoms with Crippen molar-refractivity contribution in [3.05, 3.63) is 65.5 Å². The number of fused-ring (bicyclic) bond motifs is 1. The van der Waals surface area contributed by atoms with Crippen LogP contribution in [0.25, 0.3) is 0 Å².